The summed E-state index contributed by atoms with van der Waals surface area (Å²) in [5.74, 6) is 0.213. The molecule has 1 heterocycles. The van der Waals surface area contributed by atoms with Crippen LogP contribution in [0.25, 0.3) is 0 Å². The van der Waals surface area contributed by atoms with E-state index in [1.54, 1.807) is 0 Å². The summed E-state index contributed by atoms with van der Waals surface area (Å²) >= 11 is 0. The first-order valence-electron chi connectivity index (χ1n) is 7.73. The minimum Gasteiger partial charge on any atom is -0.371 e. The van der Waals surface area contributed by atoms with Gasteiger partial charge in [-0.15, -0.1) is 0 Å². The SMILES string of the molecule is CCC(=O)c1ccc(N2CCc3ccccc3CC2)cc1. The molecule has 1 aliphatic rings. The highest BCUT2D eigenvalue weighted by molar-refractivity contribution is 5.96. The zero-order valence-corrected chi connectivity index (χ0v) is 12.5. The van der Waals surface area contributed by atoms with Crippen molar-refractivity contribution in [2.75, 3.05) is 18.0 Å². The van der Waals surface area contributed by atoms with Crippen LogP contribution in [0.3, 0.4) is 0 Å². The number of benzene rings is 2. The number of carbonyl (C=O) groups excluding carboxylic acids is 1. The van der Waals surface area contributed by atoms with Crippen LogP contribution in [-0.2, 0) is 12.8 Å². The number of anilines is 1. The Hall–Kier alpha value is -2.09. The van der Waals surface area contributed by atoms with E-state index in [-0.39, 0.29) is 5.78 Å². The molecule has 0 N–H and O–H groups in total. The van der Waals surface area contributed by atoms with Gasteiger partial charge >= 0.3 is 0 Å². The van der Waals surface area contributed by atoms with Crippen molar-refractivity contribution in [1.29, 1.82) is 0 Å². The molecule has 0 saturated heterocycles. The van der Waals surface area contributed by atoms with Gasteiger partial charge < -0.3 is 4.90 Å². The molecule has 2 heteroatoms. The van der Waals surface area contributed by atoms with Gasteiger partial charge in [0, 0.05) is 30.8 Å². The monoisotopic (exact) mass is 279 g/mol. The van der Waals surface area contributed by atoms with E-state index in [2.05, 4.69) is 41.3 Å². The predicted molar refractivity (Wildman–Crippen MR) is 87.1 cm³/mol. The van der Waals surface area contributed by atoms with Crippen molar-refractivity contribution in [3.05, 3.63) is 65.2 Å². The third kappa shape index (κ3) is 2.99. The molecule has 0 radical (unpaired) electrons. The van der Waals surface area contributed by atoms with Crippen LogP contribution in [0.1, 0.15) is 34.8 Å². The summed E-state index contributed by atoms with van der Waals surface area (Å²) in [4.78, 5) is 14.1. The Labute approximate surface area is 126 Å². The molecule has 0 aromatic heterocycles. The van der Waals surface area contributed by atoms with E-state index in [9.17, 15) is 4.79 Å². The molecule has 0 saturated carbocycles. The van der Waals surface area contributed by atoms with Gasteiger partial charge in [0.15, 0.2) is 5.78 Å². The van der Waals surface area contributed by atoms with Gasteiger partial charge in [-0.05, 0) is 48.2 Å². The van der Waals surface area contributed by atoms with Crippen molar-refractivity contribution in [1.82, 2.24) is 0 Å². The Morgan fingerprint density at radius 1 is 0.952 bits per heavy atom. The fraction of sp³-hybridized carbons (Fsp3) is 0.316. The quantitative estimate of drug-likeness (QED) is 0.795. The van der Waals surface area contributed by atoms with Crippen LogP contribution in [0, 0.1) is 0 Å². The Kier molecular flexibility index (Phi) is 4.05. The summed E-state index contributed by atoms with van der Waals surface area (Å²) in [6.45, 7) is 3.98. The molecular weight excluding hydrogens is 258 g/mol. The summed E-state index contributed by atoms with van der Waals surface area (Å²) in [6.07, 6.45) is 2.75. The lowest BCUT2D eigenvalue weighted by Crippen LogP contribution is -2.25. The number of carbonyl (C=O) groups is 1. The molecule has 21 heavy (non-hydrogen) atoms. The second-order valence-corrected chi connectivity index (χ2v) is 5.58. The molecule has 2 aromatic carbocycles. The first kappa shape index (κ1) is 13.9. The molecule has 0 bridgehead atoms. The lowest BCUT2D eigenvalue weighted by Gasteiger charge is -2.22. The van der Waals surface area contributed by atoms with Crippen molar-refractivity contribution >= 4 is 11.5 Å². The van der Waals surface area contributed by atoms with Gasteiger partial charge in [-0.25, -0.2) is 0 Å². The topological polar surface area (TPSA) is 20.3 Å². The van der Waals surface area contributed by atoms with E-state index in [4.69, 9.17) is 0 Å². The van der Waals surface area contributed by atoms with E-state index >= 15 is 0 Å². The number of hydrogen-bond acceptors (Lipinski definition) is 2. The third-order valence-corrected chi connectivity index (χ3v) is 4.30. The summed E-state index contributed by atoms with van der Waals surface area (Å²) in [6, 6.07) is 16.8. The van der Waals surface area contributed by atoms with Crippen molar-refractivity contribution < 1.29 is 4.79 Å². The van der Waals surface area contributed by atoms with E-state index < -0.39 is 0 Å². The highest BCUT2D eigenvalue weighted by Crippen LogP contribution is 2.21. The molecule has 108 valence electrons. The maximum absolute atomic E-state index is 11.7. The summed E-state index contributed by atoms with van der Waals surface area (Å²) in [7, 11) is 0. The molecule has 0 unspecified atom stereocenters. The molecule has 2 nitrogen and oxygen atoms in total. The fourth-order valence-electron chi connectivity index (χ4n) is 2.99. The smallest absolute Gasteiger partial charge is 0.162 e. The first-order chi connectivity index (χ1) is 10.3. The third-order valence-electron chi connectivity index (χ3n) is 4.30. The average Bonchev–Trinajstić information content (AvgIpc) is 2.77. The van der Waals surface area contributed by atoms with Crippen LogP contribution in [-0.4, -0.2) is 18.9 Å². The van der Waals surface area contributed by atoms with Crippen LogP contribution < -0.4 is 4.90 Å². The fourth-order valence-corrected chi connectivity index (χ4v) is 2.99. The van der Waals surface area contributed by atoms with Crippen LogP contribution in [0.2, 0.25) is 0 Å². The van der Waals surface area contributed by atoms with E-state index in [0.29, 0.717) is 6.42 Å². The van der Waals surface area contributed by atoms with Gasteiger partial charge in [-0.3, -0.25) is 4.79 Å². The van der Waals surface area contributed by atoms with Gasteiger partial charge in [-0.2, -0.15) is 0 Å². The predicted octanol–water partition coefficient (Wildman–Crippen LogP) is 3.88. The normalized spacial score (nSPS) is 14.4. The molecule has 2 aromatic rings. The van der Waals surface area contributed by atoms with Crippen LogP contribution in [0.15, 0.2) is 48.5 Å². The highest BCUT2D eigenvalue weighted by atomic mass is 16.1. The lowest BCUT2D eigenvalue weighted by molar-refractivity contribution is 0.0988. The number of ketones is 1. The van der Waals surface area contributed by atoms with Crippen LogP contribution in [0.4, 0.5) is 5.69 Å². The molecule has 0 atom stereocenters. The zero-order chi connectivity index (χ0) is 14.7. The van der Waals surface area contributed by atoms with Crippen molar-refractivity contribution in [3.8, 4) is 0 Å². The highest BCUT2D eigenvalue weighted by Gasteiger charge is 2.14. The minimum absolute atomic E-state index is 0.213. The maximum Gasteiger partial charge on any atom is 0.162 e. The summed E-state index contributed by atoms with van der Waals surface area (Å²) in [5.41, 5.74) is 4.98. The number of nitrogens with zero attached hydrogens (tertiary/aromatic N) is 1. The van der Waals surface area contributed by atoms with E-state index in [1.807, 2.05) is 19.1 Å². The minimum atomic E-state index is 0.213. The number of rotatable bonds is 3. The Balaban J connectivity index is 1.75. The van der Waals surface area contributed by atoms with Gasteiger partial charge in [0.2, 0.25) is 0 Å². The number of fused-ring (bicyclic) bond motifs is 1. The largest absolute Gasteiger partial charge is 0.371 e. The molecule has 1 aliphatic heterocycles. The van der Waals surface area contributed by atoms with Gasteiger partial charge in [0.25, 0.3) is 0 Å². The summed E-state index contributed by atoms with van der Waals surface area (Å²) in [5, 5.41) is 0. The van der Waals surface area contributed by atoms with E-state index in [1.165, 1.54) is 16.8 Å². The van der Waals surface area contributed by atoms with Gasteiger partial charge in [0.05, 0.1) is 0 Å². The molecule has 0 aliphatic carbocycles. The Morgan fingerprint density at radius 2 is 1.52 bits per heavy atom. The molecular formula is C19H21NO. The maximum atomic E-state index is 11.7. The lowest BCUT2D eigenvalue weighted by atomic mass is 10.0. The number of hydrogen-bond donors (Lipinski definition) is 0. The first-order valence-corrected chi connectivity index (χ1v) is 7.73. The standard InChI is InChI=1S/C19H21NO/c1-2-19(21)17-7-9-18(10-8-17)20-13-11-15-5-3-4-6-16(15)12-14-20/h3-10H,2,11-14H2,1H3. The van der Waals surface area contributed by atoms with Gasteiger partial charge in [0.1, 0.15) is 0 Å². The Bertz CT molecular complexity index is 603. The van der Waals surface area contributed by atoms with Crippen LogP contribution >= 0.6 is 0 Å². The van der Waals surface area contributed by atoms with Crippen molar-refractivity contribution in [2.24, 2.45) is 0 Å². The zero-order valence-electron chi connectivity index (χ0n) is 12.5. The van der Waals surface area contributed by atoms with Crippen LogP contribution in [0.5, 0.6) is 0 Å². The van der Waals surface area contributed by atoms with E-state index in [0.717, 1.165) is 31.5 Å². The molecule has 3 rings (SSSR count). The van der Waals surface area contributed by atoms with Crippen molar-refractivity contribution in [2.45, 2.75) is 26.2 Å². The Morgan fingerprint density at radius 3 is 2.05 bits per heavy atom. The average molecular weight is 279 g/mol. The molecule has 0 spiro atoms. The van der Waals surface area contributed by atoms with Gasteiger partial charge in [-0.1, -0.05) is 31.2 Å². The van der Waals surface area contributed by atoms with Crippen molar-refractivity contribution in [3.63, 3.8) is 0 Å². The molecule has 0 amide bonds. The molecule has 0 fully saturated rings. The number of Topliss-reactive ketones (excluding diaryl/α,β-unsaturated/α-hetero) is 1. The second-order valence-electron chi connectivity index (χ2n) is 5.58. The summed E-state index contributed by atoms with van der Waals surface area (Å²) < 4.78 is 0. The second kappa shape index (κ2) is 6.13.